The number of H-pyrrole nitrogens is 1. The Hall–Kier alpha value is -1.27. The molecule has 0 saturated heterocycles. The Labute approximate surface area is 106 Å². The lowest BCUT2D eigenvalue weighted by molar-refractivity contribution is 1.05. The molecule has 0 spiro atoms. The lowest BCUT2D eigenvalue weighted by atomic mass is 10.1. The van der Waals surface area contributed by atoms with Gasteiger partial charge in [-0.1, -0.05) is 27.6 Å². The Morgan fingerprint density at radius 3 is 2.81 bits per heavy atom. The van der Waals surface area contributed by atoms with Crippen molar-refractivity contribution in [2.24, 2.45) is 0 Å². The molecule has 82 valence electrons. The van der Waals surface area contributed by atoms with Gasteiger partial charge in [-0.3, -0.25) is 0 Å². The SMILES string of the molecule is Cc1ccc(Br)c(-c2nc(=S)nc(N)[nH]2)c1. The number of nitrogens with two attached hydrogens (primary N) is 1. The molecule has 1 aromatic carbocycles. The Morgan fingerprint density at radius 2 is 2.12 bits per heavy atom. The summed E-state index contributed by atoms with van der Waals surface area (Å²) in [5.41, 5.74) is 7.65. The fourth-order valence-electron chi connectivity index (χ4n) is 1.35. The van der Waals surface area contributed by atoms with Gasteiger partial charge in [0.1, 0.15) is 5.82 Å². The number of benzene rings is 1. The van der Waals surface area contributed by atoms with Crippen LogP contribution in [0.4, 0.5) is 5.95 Å². The predicted molar refractivity (Wildman–Crippen MR) is 69.5 cm³/mol. The third-order valence-electron chi connectivity index (χ3n) is 2.05. The van der Waals surface area contributed by atoms with Crippen molar-refractivity contribution < 1.29 is 0 Å². The van der Waals surface area contributed by atoms with E-state index in [1.165, 1.54) is 0 Å². The molecule has 0 amide bonds. The molecule has 0 radical (unpaired) electrons. The third kappa shape index (κ3) is 2.28. The van der Waals surface area contributed by atoms with Crippen molar-refractivity contribution in [1.82, 2.24) is 15.0 Å². The zero-order chi connectivity index (χ0) is 11.7. The number of nitrogens with zero attached hydrogens (tertiary/aromatic N) is 2. The third-order valence-corrected chi connectivity index (χ3v) is 2.92. The van der Waals surface area contributed by atoms with Gasteiger partial charge in [0, 0.05) is 10.0 Å². The summed E-state index contributed by atoms with van der Waals surface area (Å²) in [5.74, 6) is 0.886. The van der Waals surface area contributed by atoms with Crippen molar-refractivity contribution in [2.45, 2.75) is 6.92 Å². The molecule has 1 aromatic heterocycles. The normalized spacial score (nSPS) is 10.4. The van der Waals surface area contributed by atoms with Gasteiger partial charge in [-0.25, -0.2) is 4.98 Å². The van der Waals surface area contributed by atoms with Crippen molar-refractivity contribution in [3.63, 3.8) is 0 Å². The second kappa shape index (κ2) is 4.31. The van der Waals surface area contributed by atoms with E-state index in [2.05, 4.69) is 30.9 Å². The Bertz CT molecular complexity index is 594. The van der Waals surface area contributed by atoms with E-state index in [-0.39, 0.29) is 10.7 Å². The quantitative estimate of drug-likeness (QED) is 0.794. The van der Waals surface area contributed by atoms with Crippen LogP contribution in [0.2, 0.25) is 0 Å². The van der Waals surface area contributed by atoms with Crippen LogP contribution < -0.4 is 5.73 Å². The van der Waals surface area contributed by atoms with E-state index >= 15 is 0 Å². The summed E-state index contributed by atoms with van der Waals surface area (Å²) >= 11 is 8.39. The first-order valence-corrected chi connectivity index (χ1v) is 5.77. The van der Waals surface area contributed by atoms with Gasteiger partial charge in [0.15, 0.2) is 0 Å². The minimum Gasteiger partial charge on any atom is -0.369 e. The highest BCUT2D eigenvalue weighted by molar-refractivity contribution is 9.10. The van der Waals surface area contributed by atoms with Gasteiger partial charge in [-0.15, -0.1) is 0 Å². The van der Waals surface area contributed by atoms with E-state index in [4.69, 9.17) is 18.0 Å². The molecule has 0 atom stereocenters. The molecule has 0 aliphatic rings. The number of nitrogen functional groups attached to an aromatic ring is 1. The van der Waals surface area contributed by atoms with E-state index in [9.17, 15) is 0 Å². The molecule has 6 heteroatoms. The molecule has 2 rings (SSSR count). The lowest BCUT2D eigenvalue weighted by Crippen LogP contribution is -2.00. The second-order valence-corrected chi connectivity index (χ2v) is 4.57. The molecule has 0 unspecified atom stereocenters. The highest BCUT2D eigenvalue weighted by Crippen LogP contribution is 2.26. The summed E-state index contributed by atoms with van der Waals surface area (Å²) in [7, 11) is 0. The molecule has 0 fully saturated rings. The summed E-state index contributed by atoms with van der Waals surface area (Å²) in [6.45, 7) is 2.01. The largest absolute Gasteiger partial charge is 0.369 e. The van der Waals surface area contributed by atoms with Crippen molar-refractivity contribution in [3.8, 4) is 11.4 Å². The number of aryl methyl sites for hydroxylation is 1. The minimum absolute atomic E-state index is 0.236. The summed E-state index contributed by atoms with van der Waals surface area (Å²) in [5, 5.41) is 0. The average molecular weight is 297 g/mol. The first-order valence-electron chi connectivity index (χ1n) is 4.56. The van der Waals surface area contributed by atoms with Crippen LogP contribution in [0.25, 0.3) is 11.4 Å². The zero-order valence-electron chi connectivity index (χ0n) is 8.49. The van der Waals surface area contributed by atoms with Gasteiger partial charge in [0.2, 0.25) is 10.7 Å². The number of hydrogen-bond donors (Lipinski definition) is 2. The van der Waals surface area contributed by atoms with Crippen LogP contribution in [0.5, 0.6) is 0 Å². The summed E-state index contributed by atoms with van der Waals surface area (Å²) in [4.78, 5) is 10.9. The molecule has 0 saturated carbocycles. The van der Waals surface area contributed by atoms with Crippen LogP contribution in [0.15, 0.2) is 22.7 Å². The minimum atomic E-state index is 0.236. The van der Waals surface area contributed by atoms with Gasteiger partial charge in [-0.2, -0.15) is 4.98 Å². The average Bonchev–Trinajstić information content (AvgIpc) is 2.20. The van der Waals surface area contributed by atoms with Crippen molar-refractivity contribution in [2.75, 3.05) is 5.73 Å². The first-order chi connectivity index (χ1) is 7.56. The number of anilines is 1. The number of nitrogens with one attached hydrogen (secondary N) is 1. The van der Waals surface area contributed by atoms with Crippen molar-refractivity contribution in [1.29, 1.82) is 0 Å². The molecule has 4 nitrogen and oxygen atoms in total. The molecule has 16 heavy (non-hydrogen) atoms. The van der Waals surface area contributed by atoms with Gasteiger partial charge in [-0.05, 0) is 31.3 Å². The Kier molecular flexibility index (Phi) is 3.02. The number of hydrogen-bond acceptors (Lipinski definition) is 4. The molecule has 0 aliphatic carbocycles. The fraction of sp³-hybridized carbons (Fsp3) is 0.100. The highest BCUT2D eigenvalue weighted by Gasteiger charge is 2.06. The maximum atomic E-state index is 5.60. The smallest absolute Gasteiger partial charge is 0.224 e. The maximum Gasteiger partial charge on any atom is 0.224 e. The van der Waals surface area contributed by atoms with Gasteiger partial charge < -0.3 is 10.7 Å². The highest BCUT2D eigenvalue weighted by atomic mass is 79.9. The van der Waals surface area contributed by atoms with E-state index in [1.807, 2.05) is 25.1 Å². The van der Waals surface area contributed by atoms with Crippen LogP contribution in [-0.4, -0.2) is 15.0 Å². The summed E-state index contributed by atoms with van der Waals surface area (Å²) in [6, 6.07) is 5.96. The van der Waals surface area contributed by atoms with Crippen molar-refractivity contribution >= 4 is 34.1 Å². The van der Waals surface area contributed by atoms with Crippen LogP contribution in [0.1, 0.15) is 5.56 Å². The number of aromatic amines is 1. The van der Waals surface area contributed by atoms with E-state index in [0.717, 1.165) is 15.6 Å². The molecular formula is C10H9BrN4S. The second-order valence-electron chi connectivity index (χ2n) is 3.35. The van der Waals surface area contributed by atoms with Gasteiger partial charge in [0.25, 0.3) is 0 Å². The number of aromatic nitrogens is 3. The summed E-state index contributed by atoms with van der Waals surface area (Å²) < 4.78 is 1.17. The number of rotatable bonds is 1. The topological polar surface area (TPSA) is 67.6 Å². The van der Waals surface area contributed by atoms with Crippen LogP contribution in [0, 0.1) is 11.7 Å². The van der Waals surface area contributed by atoms with E-state index in [0.29, 0.717) is 5.82 Å². The molecule has 0 aliphatic heterocycles. The maximum absolute atomic E-state index is 5.60. The molecule has 0 bridgehead atoms. The van der Waals surface area contributed by atoms with Gasteiger partial charge in [0.05, 0.1) is 0 Å². The summed E-state index contributed by atoms with van der Waals surface area (Å²) in [6.07, 6.45) is 0. The van der Waals surface area contributed by atoms with E-state index < -0.39 is 0 Å². The monoisotopic (exact) mass is 296 g/mol. The zero-order valence-corrected chi connectivity index (χ0v) is 10.9. The molecule has 3 N–H and O–H groups in total. The van der Waals surface area contributed by atoms with E-state index in [1.54, 1.807) is 0 Å². The van der Waals surface area contributed by atoms with Gasteiger partial charge >= 0.3 is 0 Å². The fourth-order valence-corrected chi connectivity index (χ4v) is 1.97. The molecular weight excluding hydrogens is 288 g/mol. The molecule has 2 aromatic rings. The standard InChI is InChI=1S/C10H9BrN4S/c1-5-2-3-7(11)6(4-5)8-13-9(12)15-10(16)14-8/h2-4H,1H3,(H3,12,13,14,15,16). The molecule has 1 heterocycles. The Morgan fingerprint density at radius 1 is 1.38 bits per heavy atom. The van der Waals surface area contributed by atoms with Crippen LogP contribution >= 0.6 is 28.1 Å². The first kappa shape index (κ1) is 11.2. The Balaban J connectivity index is 2.66. The van der Waals surface area contributed by atoms with Crippen LogP contribution in [0.3, 0.4) is 0 Å². The van der Waals surface area contributed by atoms with Crippen LogP contribution in [-0.2, 0) is 0 Å². The number of halogens is 1. The van der Waals surface area contributed by atoms with Crippen molar-refractivity contribution in [3.05, 3.63) is 33.0 Å². The predicted octanol–water partition coefficient (Wildman–Crippen LogP) is 2.85. The lowest BCUT2D eigenvalue weighted by Gasteiger charge is -2.05.